The van der Waals surface area contributed by atoms with Crippen LogP contribution in [-0.4, -0.2) is 30.3 Å². The Morgan fingerprint density at radius 3 is 2.65 bits per heavy atom. The fraction of sp³-hybridized carbons (Fsp3) is 0.700. The highest BCUT2D eigenvalue weighted by Crippen LogP contribution is 2.10. The minimum atomic E-state index is -3.53. The van der Waals surface area contributed by atoms with Gasteiger partial charge in [-0.05, 0) is 5.92 Å². The third-order valence-corrected chi connectivity index (χ3v) is 4.41. The van der Waals surface area contributed by atoms with E-state index in [1.165, 1.54) is 6.20 Å². The molecule has 0 aliphatic carbocycles. The zero-order valence-electron chi connectivity index (χ0n) is 10.2. The Balaban J connectivity index is 2.69. The molecule has 0 bridgehead atoms. The molecular formula is C10H18ClN3O2S. The number of aromatic amines is 1. The molecule has 0 fully saturated rings. The molecule has 1 aromatic heterocycles. The molecular weight excluding hydrogens is 262 g/mol. The molecule has 0 saturated carbocycles. The molecule has 0 saturated heterocycles. The van der Waals surface area contributed by atoms with Crippen molar-refractivity contribution >= 4 is 21.6 Å². The van der Waals surface area contributed by atoms with Crippen molar-refractivity contribution in [2.24, 2.45) is 5.92 Å². The first-order chi connectivity index (χ1) is 7.86. The highest BCUT2D eigenvalue weighted by atomic mass is 35.5. The van der Waals surface area contributed by atoms with Crippen LogP contribution in [0, 0.1) is 5.92 Å². The number of aryl methyl sites for hydroxylation is 1. The van der Waals surface area contributed by atoms with Gasteiger partial charge in [-0.25, -0.2) is 18.1 Å². The van der Waals surface area contributed by atoms with Gasteiger partial charge in [0, 0.05) is 18.3 Å². The number of aromatic nitrogens is 2. The monoisotopic (exact) mass is 279 g/mol. The molecule has 5 nitrogen and oxygen atoms in total. The zero-order chi connectivity index (χ0) is 13.1. The van der Waals surface area contributed by atoms with Gasteiger partial charge in [0.1, 0.15) is 5.82 Å². The Hall–Kier alpha value is -0.590. The normalized spacial score (nSPS) is 14.2. The molecule has 98 valence electrons. The van der Waals surface area contributed by atoms with E-state index in [9.17, 15) is 8.42 Å². The second-order valence-corrected chi connectivity index (χ2v) is 6.46. The number of imidazole rings is 1. The average Bonchev–Trinajstić information content (AvgIpc) is 2.75. The van der Waals surface area contributed by atoms with Crippen molar-refractivity contribution in [3.63, 3.8) is 0 Å². The van der Waals surface area contributed by atoms with E-state index in [1.807, 2.05) is 20.8 Å². The molecule has 0 spiro atoms. The topological polar surface area (TPSA) is 74.8 Å². The molecule has 0 amide bonds. The number of nitrogens with one attached hydrogen (secondary N) is 2. The summed E-state index contributed by atoms with van der Waals surface area (Å²) in [6.07, 6.45) is 1.99. The van der Waals surface area contributed by atoms with Crippen LogP contribution in [0.15, 0.2) is 11.2 Å². The zero-order valence-corrected chi connectivity index (χ0v) is 11.8. The summed E-state index contributed by atoms with van der Waals surface area (Å²) in [6, 6.07) is 0. The van der Waals surface area contributed by atoms with Crippen molar-refractivity contribution in [1.82, 2.24) is 14.7 Å². The number of H-pyrrole nitrogens is 1. The van der Waals surface area contributed by atoms with Crippen LogP contribution in [-0.2, 0) is 16.4 Å². The summed E-state index contributed by atoms with van der Waals surface area (Å²) in [5.74, 6) is 0.865. The minimum Gasteiger partial charge on any atom is -0.332 e. The van der Waals surface area contributed by atoms with Gasteiger partial charge >= 0.3 is 0 Å². The second kappa shape index (κ2) is 5.84. The summed E-state index contributed by atoms with van der Waals surface area (Å²) >= 11 is 5.99. The van der Waals surface area contributed by atoms with Crippen LogP contribution in [0.3, 0.4) is 0 Å². The molecule has 1 rings (SSSR count). The molecule has 0 aliphatic heterocycles. The fourth-order valence-corrected chi connectivity index (χ4v) is 2.33. The smallest absolute Gasteiger partial charge is 0.257 e. The fourth-order valence-electron chi connectivity index (χ4n) is 1.16. The Bertz CT molecular complexity index is 456. The van der Waals surface area contributed by atoms with Gasteiger partial charge in [-0.15, -0.1) is 11.6 Å². The van der Waals surface area contributed by atoms with Crippen LogP contribution in [0.4, 0.5) is 0 Å². The van der Waals surface area contributed by atoms with Crippen molar-refractivity contribution in [3.8, 4) is 0 Å². The van der Waals surface area contributed by atoms with E-state index in [0.29, 0.717) is 12.2 Å². The summed E-state index contributed by atoms with van der Waals surface area (Å²) < 4.78 is 26.2. The number of sulfonamides is 1. The van der Waals surface area contributed by atoms with Gasteiger partial charge in [-0.1, -0.05) is 20.8 Å². The van der Waals surface area contributed by atoms with E-state index in [2.05, 4.69) is 14.7 Å². The second-order valence-electron chi connectivity index (χ2n) is 4.16. The van der Waals surface area contributed by atoms with Gasteiger partial charge in [-0.3, -0.25) is 0 Å². The Morgan fingerprint density at radius 2 is 2.18 bits per heavy atom. The van der Waals surface area contributed by atoms with Gasteiger partial charge in [0.15, 0.2) is 5.03 Å². The first-order valence-electron chi connectivity index (χ1n) is 5.54. The van der Waals surface area contributed by atoms with Gasteiger partial charge in [-0.2, -0.15) is 0 Å². The summed E-state index contributed by atoms with van der Waals surface area (Å²) in [6.45, 7) is 5.99. The van der Waals surface area contributed by atoms with Crippen LogP contribution in [0.2, 0.25) is 0 Å². The third kappa shape index (κ3) is 3.97. The third-order valence-electron chi connectivity index (χ3n) is 2.42. The van der Waals surface area contributed by atoms with Crippen LogP contribution in [0.5, 0.6) is 0 Å². The maximum Gasteiger partial charge on any atom is 0.257 e. The molecule has 17 heavy (non-hydrogen) atoms. The summed E-state index contributed by atoms with van der Waals surface area (Å²) in [5.41, 5.74) is 0. The van der Waals surface area contributed by atoms with E-state index in [1.54, 1.807) is 0 Å². The maximum atomic E-state index is 11.8. The predicted octanol–water partition coefficient (Wildman–Crippen LogP) is 1.51. The van der Waals surface area contributed by atoms with Crippen molar-refractivity contribution in [2.45, 2.75) is 37.6 Å². The van der Waals surface area contributed by atoms with E-state index < -0.39 is 10.0 Å². The number of halogens is 1. The summed E-state index contributed by atoms with van der Waals surface area (Å²) in [5, 5.41) is -0.139. The average molecular weight is 280 g/mol. The first-order valence-corrected chi connectivity index (χ1v) is 7.46. The molecule has 1 heterocycles. The number of nitrogens with zero attached hydrogens (tertiary/aromatic N) is 1. The van der Waals surface area contributed by atoms with Gasteiger partial charge < -0.3 is 4.98 Å². The standard InChI is InChI=1S/C10H18ClN3O2S/c1-4-9-12-6-10(14-9)17(15,16)13-5-8(11)7(2)3/h6-8,13H,4-5H2,1-3H3,(H,12,14). The molecule has 7 heteroatoms. The number of hydrogen-bond donors (Lipinski definition) is 2. The molecule has 0 aromatic carbocycles. The highest BCUT2D eigenvalue weighted by Gasteiger charge is 2.19. The molecule has 1 unspecified atom stereocenters. The molecule has 1 atom stereocenters. The summed E-state index contributed by atoms with van der Waals surface area (Å²) in [4.78, 5) is 6.71. The van der Waals surface area contributed by atoms with Crippen LogP contribution in [0.1, 0.15) is 26.6 Å². The Morgan fingerprint density at radius 1 is 1.53 bits per heavy atom. The lowest BCUT2D eigenvalue weighted by Crippen LogP contribution is -2.32. The Kier molecular flexibility index (Phi) is 4.97. The van der Waals surface area contributed by atoms with Crippen molar-refractivity contribution in [2.75, 3.05) is 6.54 Å². The predicted molar refractivity (Wildman–Crippen MR) is 67.6 cm³/mol. The number of alkyl halides is 1. The highest BCUT2D eigenvalue weighted by molar-refractivity contribution is 7.89. The molecule has 1 aromatic rings. The quantitative estimate of drug-likeness (QED) is 0.775. The van der Waals surface area contributed by atoms with E-state index in [4.69, 9.17) is 11.6 Å². The minimum absolute atomic E-state index is 0.0852. The lowest BCUT2D eigenvalue weighted by Gasteiger charge is -2.13. The molecule has 0 radical (unpaired) electrons. The van der Waals surface area contributed by atoms with Crippen molar-refractivity contribution in [1.29, 1.82) is 0 Å². The Labute approximate surface area is 107 Å². The van der Waals surface area contributed by atoms with Gasteiger partial charge in [0.2, 0.25) is 0 Å². The van der Waals surface area contributed by atoms with Gasteiger partial charge in [0.05, 0.1) is 6.20 Å². The van der Waals surface area contributed by atoms with E-state index in [0.717, 1.165) is 0 Å². The lowest BCUT2D eigenvalue weighted by atomic mass is 10.1. The largest absolute Gasteiger partial charge is 0.332 e. The van der Waals surface area contributed by atoms with Crippen molar-refractivity contribution in [3.05, 3.63) is 12.0 Å². The maximum absolute atomic E-state index is 11.8. The number of hydrogen-bond acceptors (Lipinski definition) is 3. The van der Waals surface area contributed by atoms with Crippen molar-refractivity contribution < 1.29 is 8.42 Å². The SMILES string of the molecule is CCc1ncc(S(=O)(=O)NCC(Cl)C(C)C)[nH]1. The van der Waals surface area contributed by atoms with Crippen LogP contribution < -0.4 is 4.72 Å². The number of rotatable bonds is 6. The molecule has 2 N–H and O–H groups in total. The van der Waals surface area contributed by atoms with Crippen LogP contribution in [0.25, 0.3) is 0 Å². The first kappa shape index (κ1) is 14.5. The molecule has 0 aliphatic rings. The van der Waals surface area contributed by atoms with Crippen LogP contribution >= 0.6 is 11.6 Å². The van der Waals surface area contributed by atoms with Gasteiger partial charge in [0.25, 0.3) is 10.0 Å². The van der Waals surface area contributed by atoms with E-state index in [-0.39, 0.29) is 22.9 Å². The van der Waals surface area contributed by atoms with E-state index >= 15 is 0 Å². The lowest BCUT2D eigenvalue weighted by molar-refractivity contribution is 0.554. The summed E-state index contributed by atoms with van der Waals surface area (Å²) in [7, 11) is -3.53.